The van der Waals surface area contributed by atoms with Crippen molar-refractivity contribution in [3.63, 3.8) is 0 Å². The van der Waals surface area contributed by atoms with Gasteiger partial charge in [-0.15, -0.1) is 0 Å². The summed E-state index contributed by atoms with van der Waals surface area (Å²) in [7, 11) is 0. The van der Waals surface area contributed by atoms with Crippen molar-refractivity contribution in [3.8, 4) is 0 Å². The minimum Gasteiger partial charge on any atom is -1.00 e. The SMILES string of the molecule is CCCC[N]=[Ta+3].[Cl-].[Cl-].[Cl-]. The smallest absolute Gasteiger partial charge is 1.00 e. The van der Waals surface area contributed by atoms with E-state index < -0.39 is 0 Å². The predicted octanol–water partition coefficient (Wildman–Crippen LogP) is -7.47. The molecule has 56 valence electrons. The first-order chi connectivity index (χ1) is 2.91. The van der Waals surface area contributed by atoms with Crippen LogP contribution in [0.25, 0.3) is 0 Å². The van der Waals surface area contributed by atoms with Gasteiger partial charge in [-0.25, -0.2) is 0 Å². The number of unbranched alkanes of at least 4 members (excludes halogenated alkanes) is 1. The van der Waals surface area contributed by atoms with Crippen molar-refractivity contribution in [2.45, 2.75) is 19.8 Å². The number of hydrogen-bond donors (Lipinski definition) is 0. The van der Waals surface area contributed by atoms with Gasteiger partial charge < -0.3 is 37.2 Å². The van der Waals surface area contributed by atoms with Crippen molar-refractivity contribution in [1.29, 1.82) is 0 Å². The molecule has 0 aliphatic carbocycles. The van der Waals surface area contributed by atoms with Gasteiger partial charge in [0.1, 0.15) is 0 Å². The van der Waals surface area contributed by atoms with Crippen LogP contribution in [0.4, 0.5) is 0 Å². The Hall–Kier alpha value is 1.41. The van der Waals surface area contributed by atoms with Crippen molar-refractivity contribution in [2.24, 2.45) is 3.34 Å². The van der Waals surface area contributed by atoms with Crippen LogP contribution in [0, 0.1) is 0 Å². The fourth-order valence-corrected chi connectivity index (χ4v) is 0.737. The maximum atomic E-state index is 4.04. The Bertz CT molecular complexity index is 44.8. The molecule has 1 nitrogen and oxygen atoms in total. The van der Waals surface area contributed by atoms with Crippen molar-refractivity contribution >= 4 is 0 Å². The zero-order valence-electron chi connectivity index (χ0n) is 5.15. The van der Waals surface area contributed by atoms with Crippen LogP contribution in [-0.2, 0) is 20.9 Å². The summed E-state index contributed by atoms with van der Waals surface area (Å²) in [6, 6.07) is 0. The third-order valence-corrected chi connectivity index (χ3v) is 1.33. The maximum absolute atomic E-state index is 4.04. The molecule has 0 rings (SSSR count). The standard InChI is InChI=1S/C4H9N.3ClH.Ta/c1-2-3-4-5;;;;/h2-4H2,1H3;3*1H;/q;;;;+3/p-3. The minimum atomic E-state index is 0. The van der Waals surface area contributed by atoms with Crippen LogP contribution in [0.3, 0.4) is 0 Å². The van der Waals surface area contributed by atoms with Crippen LogP contribution in [0.2, 0.25) is 0 Å². The van der Waals surface area contributed by atoms with Crippen LogP contribution < -0.4 is 37.2 Å². The molecular formula is C4H9Cl3NTa. The average Bonchev–Trinajstić information content (AvgIpc) is 1.61. The van der Waals surface area contributed by atoms with E-state index in [9.17, 15) is 0 Å². The summed E-state index contributed by atoms with van der Waals surface area (Å²) in [5.41, 5.74) is 0. The molecule has 0 aromatic carbocycles. The monoisotopic (exact) mass is 357 g/mol. The first-order valence-electron chi connectivity index (χ1n) is 2.22. The van der Waals surface area contributed by atoms with Gasteiger partial charge in [-0.1, -0.05) is 0 Å². The molecule has 0 aliphatic rings. The van der Waals surface area contributed by atoms with Gasteiger partial charge in [0.2, 0.25) is 0 Å². The van der Waals surface area contributed by atoms with E-state index in [1.807, 2.05) is 0 Å². The van der Waals surface area contributed by atoms with Crippen LogP contribution in [0.15, 0.2) is 3.34 Å². The van der Waals surface area contributed by atoms with E-state index in [1.54, 1.807) is 0 Å². The first-order valence-corrected chi connectivity index (χ1v) is 3.66. The Morgan fingerprint density at radius 1 is 1.22 bits per heavy atom. The van der Waals surface area contributed by atoms with E-state index in [1.165, 1.54) is 33.7 Å². The summed E-state index contributed by atoms with van der Waals surface area (Å²) < 4.78 is 4.04. The third kappa shape index (κ3) is 26.6. The van der Waals surface area contributed by atoms with Crippen molar-refractivity contribution in [2.75, 3.05) is 6.54 Å². The molecule has 0 fully saturated rings. The average molecular weight is 358 g/mol. The van der Waals surface area contributed by atoms with Crippen molar-refractivity contribution in [1.82, 2.24) is 0 Å². The van der Waals surface area contributed by atoms with E-state index in [0.29, 0.717) is 0 Å². The number of nitrogens with zero attached hydrogens (tertiary/aromatic N) is 1. The molecule has 0 aromatic heterocycles. The molecule has 0 saturated heterocycles. The molecule has 0 amide bonds. The molecular weight excluding hydrogens is 349 g/mol. The van der Waals surface area contributed by atoms with Gasteiger partial charge in [-0.2, -0.15) is 0 Å². The van der Waals surface area contributed by atoms with Gasteiger partial charge in [0, 0.05) is 0 Å². The van der Waals surface area contributed by atoms with E-state index >= 15 is 0 Å². The van der Waals surface area contributed by atoms with E-state index in [0.717, 1.165) is 6.54 Å². The molecule has 9 heavy (non-hydrogen) atoms. The summed E-state index contributed by atoms with van der Waals surface area (Å²) in [6.45, 7) is 3.27. The predicted molar refractivity (Wildman–Crippen MR) is 22.2 cm³/mol. The zero-order chi connectivity index (χ0) is 4.83. The largest absolute Gasteiger partial charge is 1.00 e. The minimum absolute atomic E-state index is 0. The molecule has 0 aromatic rings. The fourth-order valence-electron chi connectivity index (χ4n) is 0.229. The van der Waals surface area contributed by atoms with Crippen molar-refractivity contribution < 1.29 is 58.1 Å². The first kappa shape index (κ1) is 22.4. The summed E-state index contributed by atoms with van der Waals surface area (Å²) in [6.07, 6.45) is 2.55. The van der Waals surface area contributed by atoms with Crippen LogP contribution in [0.5, 0.6) is 0 Å². The summed E-state index contributed by atoms with van der Waals surface area (Å²) in [5.74, 6) is 0. The van der Waals surface area contributed by atoms with Gasteiger partial charge in [-0.3, -0.25) is 0 Å². The normalized spacial score (nSPS) is 5.67. The summed E-state index contributed by atoms with van der Waals surface area (Å²) in [4.78, 5) is 0. The Balaban J connectivity index is -0.0000000417. The molecule has 0 saturated carbocycles. The number of halogens is 3. The van der Waals surface area contributed by atoms with Gasteiger partial charge in [0.15, 0.2) is 0 Å². The van der Waals surface area contributed by atoms with Gasteiger partial charge in [0.05, 0.1) is 0 Å². The van der Waals surface area contributed by atoms with E-state index in [-0.39, 0.29) is 37.2 Å². The fraction of sp³-hybridized carbons (Fsp3) is 1.00. The van der Waals surface area contributed by atoms with Crippen molar-refractivity contribution in [3.05, 3.63) is 0 Å². The molecule has 0 atom stereocenters. The molecule has 5 heteroatoms. The topological polar surface area (TPSA) is 12.4 Å². The number of rotatable bonds is 3. The Labute approximate surface area is 87.4 Å². The van der Waals surface area contributed by atoms with E-state index in [2.05, 4.69) is 10.3 Å². The molecule has 0 N–H and O–H groups in total. The Morgan fingerprint density at radius 3 is 1.78 bits per heavy atom. The molecule has 0 aliphatic heterocycles. The third-order valence-electron chi connectivity index (χ3n) is 0.612. The molecule has 0 bridgehead atoms. The second-order valence-electron chi connectivity index (χ2n) is 1.22. The molecule has 0 unspecified atom stereocenters. The summed E-state index contributed by atoms with van der Waals surface area (Å²) >= 11 is 1.19. The van der Waals surface area contributed by atoms with Gasteiger partial charge >= 0.3 is 50.5 Å². The number of hydrogen-bond acceptors (Lipinski definition) is 1. The Kier molecular flexibility index (Phi) is 56.7. The van der Waals surface area contributed by atoms with Crippen LogP contribution >= 0.6 is 0 Å². The van der Waals surface area contributed by atoms with Crippen LogP contribution in [-0.4, -0.2) is 6.54 Å². The maximum Gasteiger partial charge on any atom is -1.00 e. The zero-order valence-corrected chi connectivity index (χ0v) is 10.6. The molecule has 0 heterocycles. The van der Waals surface area contributed by atoms with Gasteiger partial charge in [0.25, 0.3) is 0 Å². The molecule has 0 radical (unpaired) electrons. The van der Waals surface area contributed by atoms with Gasteiger partial charge in [-0.05, 0) is 0 Å². The van der Waals surface area contributed by atoms with Crippen LogP contribution in [0.1, 0.15) is 19.8 Å². The van der Waals surface area contributed by atoms with E-state index in [4.69, 9.17) is 0 Å². The Morgan fingerprint density at radius 2 is 1.67 bits per heavy atom. The summed E-state index contributed by atoms with van der Waals surface area (Å²) in [5, 5.41) is 0. The second-order valence-corrected chi connectivity index (χ2v) is 2.23. The molecule has 0 spiro atoms. The quantitative estimate of drug-likeness (QED) is 0.445. The second kappa shape index (κ2) is 22.7.